The number of likely N-dealkylation sites (N-methyl/N-ethyl adjacent to an activating group) is 1. The number of nitrogens with zero attached hydrogens (tertiary/aromatic N) is 3. The van der Waals surface area contributed by atoms with Gasteiger partial charge in [-0.15, -0.1) is 0 Å². The van der Waals surface area contributed by atoms with Gasteiger partial charge in [0.05, 0.1) is 4.47 Å². The van der Waals surface area contributed by atoms with Gasteiger partial charge in [-0.1, -0.05) is 0 Å². The summed E-state index contributed by atoms with van der Waals surface area (Å²) in [5, 5.41) is 3.29. The van der Waals surface area contributed by atoms with Crippen molar-refractivity contribution in [2.45, 2.75) is 18.9 Å². The van der Waals surface area contributed by atoms with Crippen LogP contribution in [0.1, 0.15) is 12.8 Å². The number of rotatable bonds is 5. The lowest BCUT2D eigenvalue weighted by molar-refractivity contribution is 0.276. The van der Waals surface area contributed by atoms with Gasteiger partial charge in [0.25, 0.3) is 0 Å². The first kappa shape index (κ1) is 11.8. The van der Waals surface area contributed by atoms with Crippen LogP contribution in [0.3, 0.4) is 0 Å². The van der Waals surface area contributed by atoms with Crippen molar-refractivity contribution in [1.82, 2.24) is 14.9 Å². The number of anilines is 1. The van der Waals surface area contributed by atoms with Crippen molar-refractivity contribution in [3.63, 3.8) is 0 Å². The van der Waals surface area contributed by atoms with Crippen molar-refractivity contribution < 1.29 is 0 Å². The molecule has 4 nitrogen and oxygen atoms in total. The van der Waals surface area contributed by atoms with Crippen LogP contribution in [-0.2, 0) is 0 Å². The van der Waals surface area contributed by atoms with Crippen LogP contribution < -0.4 is 5.32 Å². The third kappa shape index (κ3) is 3.15. The van der Waals surface area contributed by atoms with E-state index in [1.807, 2.05) is 0 Å². The summed E-state index contributed by atoms with van der Waals surface area (Å²) in [5.74, 6) is 1.55. The van der Waals surface area contributed by atoms with E-state index in [0.29, 0.717) is 12.0 Å². The fourth-order valence-electron chi connectivity index (χ4n) is 1.85. The maximum atomic E-state index is 4.20. The number of aromatic nitrogens is 2. The SMILES string of the molecule is CN(C)[C@H](CNc1ncc(Br)cn1)C1CC1. The first-order chi connectivity index (χ1) is 7.66. The fourth-order valence-corrected chi connectivity index (χ4v) is 2.06. The van der Waals surface area contributed by atoms with E-state index in [0.717, 1.165) is 16.9 Å². The molecule has 88 valence electrons. The number of hydrogen-bond acceptors (Lipinski definition) is 4. The van der Waals surface area contributed by atoms with E-state index in [-0.39, 0.29) is 0 Å². The van der Waals surface area contributed by atoms with Gasteiger partial charge in [0, 0.05) is 25.0 Å². The molecule has 1 fully saturated rings. The number of hydrogen-bond donors (Lipinski definition) is 1. The van der Waals surface area contributed by atoms with Crippen LogP contribution in [0.5, 0.6) is 0 Å². The number of nitrogens with one attached hydrogen (secondary N) is 1. The summed E-state index contributed by atoms with van der Waals surface area (Å²) in [7, 11) is 4.26. The predicted octanol–water partition coefficient (Wildman–Crippen LogP) is 1.99. The molecule has 0 spiro atoms. The van der Waals surface area contributed by atoms with Crippen molar-refractivity contribution in [2.24, 2.45) is 5.92 Å². The molecule has 1 atom stereocenters. The molecule has 0 aromatic carbocycles. The van der Waals surface area contributed by atoms with Crippen molar-refractivity contribution in [3.8, 4) is 0 Å². The highest BCUT2D eigenvalue weighted by molar-refractivity contribution is 9.10. The molecule has 16 heavy (non-hydrogen) atoms. The van der Waals surface area contributed by atoms with E-state index < -0.39 is 0 Å². The zero-order valence-corrected chi connectivity index (χ0v) is 11.2. The van der Waals surface area contributed by atoms with Crippen LogP contribution >= 0.6 is 15.9 Å². The summed E-state index contributed by atoms with van der Waals surface area (Å²) in [6.45, 7) is 0.916. The molecule has 0 unspecified atom stereocenters. The van der Waals surface area contributed by atoms with Gasteiger partial charge >= 0.3 is 0 Å². The summed E-state index contributed by atoms with van der Waals surface area (Å²) < 4.78 is 0.907. The van der Waals surface area contributed by atoms with Crippen LogP contribution in [-0.4, -0.2) is 41.5 Å². The second-order valence-corrected chi connectivity index (χ2v) is 5.39. The summed E-state index contributed by atoms with van der Waals surface area (Å²) >= 11 is 3.32. The topological polar surface area (TPSA) is 41.0 Å². The molecule has 2 rings (SSSR count). The van der Waals surface area contributed by atoms with E-state index in [1.54, 1.807) is 12.4 Å². The van der Waals surface area contributed by atoms with E-state index in [2.05, 4.69) is 50.2 Å². The summed E-state index contributed by atoms with van der Waals surface area (Å²) in [6.07, 6.45) is 6.23. The highest BCUT2D eigenvalue weighted by Gasteiger charge is 2.32. The quantitative estimate of drug-likeness (QED) is 0.898. The first-order valence-electron chi connectivity index (χ1n) is 5.54. The first-order valence-corrected chi connectivity index (χ1v) is 6.34. The lowest BCUT2D eigenvalue weighted by atomic mass is 10.1. The summed E-state index contributed by atoms with van der Waals surface area (Å²) in [5.41, 5.74) is 0. The molecule has 1 aromatic rings. The van der Waals surface area contributed by atoms with E-state index >= 15 is 0 Å². The molecule has 1 aliphatic rings. The van der Waals surface area contributed by atoms with Gasteiger partial charge in [-0.3, -0.25) is 0 Å². The lowest BCUT2D eigenvalue weighted by Crippen LogP contribution is -2.36. The molecular formula is C11H17BrN4. The zero-order valence-electron chi connectivity index (χ0n) is 9.65. The normalized spacial score (nSPS) is 17.5. The van der Waals surface area contributed by atoms with Gasteiger partial charge in [-0.05, 0) is 48.8 Å². The Labute approximate surface area is 105 Å². The second kappa shape index (κ2) is 5.10. The van der Waals surface area contributed by atoms with E-state index in [9.17, 15) is 0 Å². The molecular weight excluding hydrogens is 268 g/mol. The smallest absolute Gasteiger partial charge is 0.222 e. The summed E-state index contributed by atoms with van der Waals surface area (Å²) in [4.78, 5) is 10.7. The standard InChI is InChI=1S/C11H17BrN4/c1-16(2)10(8-3-4-8)7-15-11-13-5-9(12)6-14-11/h5-6,8,10H,3-4,7H2,1-2H3,(H,13,14,15)/t10-/m1/s1. The maximum Gasteiger partial charge on any atom is 0.222 e. The molecule has 1 saturated carbocycles. The molecule has 1 aliphatic carbocycles. The summed E-state index contributed by atoms with van der Waals surface area (Å²) in [6, 6.07) is 0.590. The molecule has 1 N–H and O–H groups in total. The van der Waals surface area contributed by atoms with Gasteiger partial charge in [0.2, 0.25) is 5.95 Å². The average molecular weight is 285 g/mol. The van der Waals surface area contributed by atoms with E-state index in [1.165, 1.54) is 12.8 Å². The van der Waals surface area contributed by atoms with Crippen molar-refractivity contribution in [2.75, 3.05) is 26.0 Å². The Balaban J connectivity index is 1.87. The molecule has 1 aromatic heterocycles. The Morgan fingerprint density at radius 2 is 2.06 bits per heavy atom. The lowest BCUT2D eigenvalue weighted by Gasteiger charge is -2.24. The Bertz CT molecular complexity index is 332. The Kier molecular flexibility index (Phi) is 3.76. The monoisotopic (exact) mass is 284 g/mol. The second-order valence-electron chi connectivity index (χ2n) is 4.47. The van der Waals surface area contributed by atoms with Gasteiger partial charge in [-0.25, -0.2) is 9.97 Å². The highest BCUT2D eigenvalue weighted by Crippen LogP contribution is 2.34. The highest BCUT2D eigenvalue weighted by atomic mass is 79.9. The molecule has 5 heteroatoms. The Morgan fingerprint density at radius 1 is 1.44 bits per heavy atom. The van der Waals surface area contributed by atoms with Crippen LogP contribution in [0.2, 0.25) is 0 Å². The fraction of sp³-hybridized carbons (Fsp3) is 0.636. The van der Waals surface area contributed by atoms with Gasteiger partial charge in [0.15, 0.2) is 0 Å². The van der Waals surface area contributed by atoms with Crippen molar-refractivity contribution >= 4 is 21.9 Å². The average Bonchev–Trinajstić information content (AvgIpc) is 3.05. The third-order valence-electron chi connectivity index (χ3n) is 2.92. The maximum absolute atomic E-state index is 4.20. The predicted molar refractivity (Wildman–Crippen MR) is 68.4 cm³/mol. The molecule has 0 saturated heterocycles. The molecule has 0 amide bonds. The van der Waals surface area contributed by atoms with Crippen LogP contribution in [0.4, 0.5) is 5.95 Å². The van der Waals surface area contributed by atoms with Gasteiger partial charge in [-0.2, -0.15) is 0 Å². The van der Waals surface area contributed by atoms with Crippen LogP contribution in [0, 0.1) is 5.92 Å². The third-order valence-corrected chi connectivity index (χ3v) is 3.33. The van der Waals surface area contributed by atoms with Crippen molar-refractivity contribution in [3.05, 3.63) is 16.9 Å². The Morgan fingerprint density at radius 3 is 2.56 bits per heavy atom. The largest absolute Gasteiger partial charge is 0.353 e. The van der Waals surface area contributed by atoms with E-state index in [4.69, 9.17) is 0 Å². The molecule has 0 aliphatic heterocycles. The van der Waals surface area contributed by atoms with Gasteiger partial charge < -0.3 is 10.2 Å². The minimum Gasteiger partial charge on any atom is -0.353 e. The zero-order chi connectivity index (χ0) is 11.5. The van der Waals surface area contributed by atoms with Gasteiger partial charge in [0.1, 0.15) is 0 Å². The Hall–Kier alpha value is -0.680. The number of halogens is 1. The van der Waals surface area contributed by atoms with Crippen LogP contribution in [0.15, 0.2) is 16.9 Å². The molecule has 0 radical (unpaired) electrons. The van der Waals surface area contributed by atoms with Crippen LogP contribution in [0.25, 0.3) is 0 Å². The molecule has 0 bridgehead atoms. The molecule has 1 heterocycles. The van der Waals surface area contributed by atoms with Crippen molar-refractivity contribution in [1.29, 1.82) is 0 Å². The minimum absolute atomic E-state index is 0.590. The minimum atomic E-state index is 0.590.